The van der Waals surface area contributed by atoms with Crippen LogP contribution in [-0.2, 0) is 0 Å². The number of carbonyl (C=O) groups is 1. The number of para-hydroxylation sites is 1. The molecule has 2 aromatic carbocycles. The summed E-state index contributed by atoms with van der Waals surface area (Å²) in [5.74, 6) is 0.201. The molecule has 3 aromatic rings. The van der Waals surface area contributed by atoms with Crippen molar-refractivity contribution in [3.05, 3.63) is 63.7 Å². The number of rotatable bonds is 2. The lowest BCUT2D eigenvalue weighted by Crippen LogP contribution is -2.31. The fraction of sp³-hybridized carbons (Fsp3) is 0.167. The van der Waals surface area contributed by atoms with E-state index < -0.39 is 0 Å². The molecule has 3 nitrogen and oxygen atoms in total. The lowest BCUT2D eigenvalue weighted by atomic mass is 10.0. The number of nitrogens with one attached hydrogen (secondary N) is 1. The first kappa shape index (κ1) is 15.4. The molecule has 0 saturated heterocycles. The Balaban J connectivity index is 1.65. The summed E-state index contributed by atoms with van der Waals surface area (Å²) in [6.07, 6.45) is 0.694. The molecule has 6 heteroatoms. The molecule has 122 valence electrons. The SMILES string of the molecule is O=C(N[C@@H]1CCOc2ccccc21)c1sc2cc(F)ccc2c1Cl. The number of fused-ring (bicyclic) bond motifs is 2. The van der Waals surface area contributed by atoms with Crippen LogP contribution in [0.3, 0.4) is 0 Å². The topological polar surface area (TPSA) is 38.3 Å². The molecule has 0 radical (unpaired) electrons. The number of hydrogen-bond acceptors (Lipinski definition) is 3. The highest BCUT2D eigenvalue weighted by Gasteiger charge is 2.25. The number of benzene rings is 2. The maximum Gasteiger partial charge on any atom is 0.263 e. The van der Waals surface area contributed by atoms with E-state index in [0.29, 0.717) is 33.0 Å². The van der Waals surface area contributed by atoms with Crippen LogP contribution < -0.4 is 10.1 Å². The summed E-state index contributed by atoms with van der Waals surface area (Å²) in [7, 11) is 0. The van der Waals surface area contributed by atoms with E-state index in [9.17, 15) is 9.18 Å². The molecular formula is C18H13ClFNO2S. The summed E-state index contributed by atoms with van der Waals surface area (Å²) in [6, 6.07) is 11.9. The molecular weight excluding hydrogens is 349 g/mol. The Labute approximate surface area is 147 Å². The molecule has 1 aliphatic heterocycles. The molecule has 1 amide bonds. The minimum absolute atomic E-state index is 0.125. The van der Waals surface area contributed by atoms with E-state index in [1.54, 1.807) is 6.07 Å². The van der Waals surface area contributed by atoms with Crippen LogP contribution in [0, 0.1) is 5.82 Å². The minimum atomic E-state index is -0.342. The second kappa shape index (κ2) is 6.07. The number of carbonyl (C=O) groups excluding carboxylic acids is 1. The maximum atomic E-state index is 13.4. The highest BCUT2D eigenvalue weighted by atomic mass is 35.5. The van der Waals surface area contributed by atoms with E-state index in [-0.39, 0.29) is 17.8 Å². The van der Waals surface area contributed by atoms with Gasteiger partial charge in [-0.25, -0.2) is 4.39 Å². The largest absolute Gasteiger partial charge is 0.493 e. The van der Waals surface area contributed by atoms with Crippen LogP contribution in [0.15, 0.2) is 42.5 Å². The third-order valence-corrected chi connectivity index (χ3v) is 5.72. The molecule has 1 atom stereocenters. The lowest BCUT2D eigenvalue weighted by molar-refractivity contribution is 0.0929. The molecule has 0 bridgehead atoms. The van der Waals surface area contributed by atoms with E-state index in [2.05, 4.69) is 5.32 Å². The van der Waals surface area contributed by atoms with E-state index in [1.807, 2.05) is 24.3 Å². The first-order valence-corrected chi connectivity index (χ1v) is 8.73. The molecule has 4 rings (SSSR count). The smallest absolute Gasteiger partial charge is 0.263 e. The van der Waals surface area contributed by atoms with E-state index >= 15 is 0 Å². The van der Waals surface area contributed by atoms with Crippen molar-refractivity contribution in [1.29, 1.82) is 0 Å². The summed E-state index contributed by atoms with van der Waals surface area (Å²) in [6.45, 7) is 0.549. The third kappa shape index (κ3) is 2.64. The van der Waals surface area contributed by atoms with Crippen molar-refractivity contribution in [2.45, 2.75) is 12.5 Å². The molecule has 0 spiro atoms. The second-order valence-electron chi connectivity index (χ2n) is 5.59. The number of hydrogen-bond donors (Lipinski definition) is 1. The van der Waals surface area contributed by atoms with Gasteiger partial charge in [0.15, 0.2) is 0 Å². The summed E-state index contributed by atoms with van der Waals surface area (Å²) in [5.41, 5.74) is 0.959. The molecule has 1 aromatic heterocycles. The van der Waals surface area contributed by atoms with Crippen LogP contribution in [-0.4, -0.2) is 12.5 Å². The number of amides is 1. The zero-order valence-electron chi connectivity index (χ0n) is 12.5. The van der Waals surface area contributed by atoms with Gasteiger partial charge in [-0.15, -0.1) is 11.3 Å². The Morgan fingerprint density at radius 1 is 1.29 bits per heavy atom. The van der Waals surface area contributed by atoms with Gasteiger partial charge in [0.2, 0.25) is 0 Å². The van der Waals surface area contributed by atoms with Crippen LogP contribution in [0.1, 0.15) is 27.7 Å². The Morgan fingerprint density at radius 2 is 2.12 bits per heavy atom. The number of thiophene rings is 1. The lowest BCUT2D eigenvalue weighted by Gasteiger charge is -2.26. The highest BCUT2D eigenvalue weighted by molar-refractivity contribution is 7.21. The first-order chi connectivity index (χ1) is 11.6. The zero-order chi connectivity index (χ0) is 16.7. The molecule has 24 heavy (non-hydrogen) atoms. The van der Waals surface area contributed by atoms with Gasteiger partial charge in [-0.2, -0.15) is 0 Å². The molecule has 1 aliphatic rings. The van der Waals surface area contributed by atoms with Crippen molar-refractivity contribution in [1.82, 2.24) is 5.32 Å². The maximum absolute atomic E-state index is 13.4. The van der Waals surface area contributed by atoms with Gasteiger partial charge < -0.3 is 10.1 Å². The van der Waals surface area contributed by atoms with Crippen molar-refractivity contribution in [2.75, 3.05) is 6.61 Å². The van der Waals surface area contributed by atoms with Crippen molar-refractivity contribution in [3.8, 4) is 5.75 Å². The average Bonchev–Trinajstić information content (AvgIpc) is 2.91. The van der Waals surface area contributed by atoms with Gasteiger partial charge in [0.05, 0.1) is 17.7 Å². The monoisotopic (exact) mass is 361 g/mol. The van der Waals surface area contributed by atoms with Crippen LogP contribution >= 0.6 is 22.9 Å². The fourth-order valence-corrected chi connectivity index (χ4v) is 4.35. The minimum Gasteiger partial charge on any atom is -0.493 e. The Morgan fingerprint density at radius 3 is 3.00 bits per heavy atom. The predicted octanol–water partition coefficient (Wildman–Crippen LogP) is 4.95. The first-order valence-electron chi connectivity index (χ1n) is 7.53. The fourth-order valence-electron chi connectivity index (χ4n) is 2.90. The standard InChI is InChI=1S/C18H13ClFNO2S/c19-16-12-6-5-10(20)9-15(12)24-17(16)18(22)21-13-7-8-23-14-4-2-1-3-11(13)14/h1-6,9,13H,7-8H2,(H,21,22)/t13-/m1/s1. The van der Waals surface area contributed by atoms with Crippen LogP contribution in [0.25, 0.3) is 10.1 Å². The van der Waals surface area contributed by atoms with E-state index in [1.165, 1.54) is 23.5 Å². The van der Waals surface area contributed by atoms with Crippen LogP contribution in [0.2, 0.25) is 5.02 Å². The van der Waals surface area contributed by atoms with Crippen LogP contribution in [0.4, 0.5) is 4.39 Å². The van der Waals surface area contributed by atoms with Crippen molar-refractivity contribution in [2.24, 2.45) is 0 Å². The van der Waals surface area contributed by atoms with Crippen molar-refractivity contribution >= 4 is 38.9 Å². The third-order valence-electron chi connectivity index (χ3n) is 4.06. The zero-order valence-corrected chi connectivity index (χ0v) is 14.1. The summed E-state index contributed by atoms with van der Waals surface area (Å²) in [4.78, 5) is 13.1. The predicted molar refractivity (Wildman–Crippen MR) is 93.6 cm³/mol. The Bertz CT molecular complexity index is 940. The van der Waals surface area contributed by atoms with Gasteiger partial charge in [0.1, 0.15) is 16.4 Å². The molecule has 0 aliphatic carbocycles. The van der Waals surface area contributed by atoms with Gasteiger partial charge >= 0.3 is 0 Å². The molecule has 0 unspecified atom stereocenters. The number of ether oxygens (including phenoxy) is 1. The molecule has 2 heterocycles. The second-order valence-corrected chi connectivity index (χ2v) is 7.02. The Kier molecular flexibility index (Phi) is 3.90. The molecule has 0 fully saturated rings. The van der Waals surface area contributed by atoms with Crippen LogP contribution in [0.5, 0.6) is 5.75 Å². The number of halogens is 2. The van der Waals surface area contributed by atoms with Crippen molar-refractivity contribution in [3.63, 3.8) is 0 Å². The van der Waals surface area contributed by atoms with Gasteiger partial charge in [0.25, 0.3) is 5.91 Å². The molecule has 1 N–H and O–H groups in total. The molecule has 0 saturated carbocycles. The Hall–Kier alpha value is -2.11. The van der Waals surface area contributed by atoms with Gasteiger partial charge in [-0.1, -0.05) is 29.8 Å². The average molecular weight is 362 g/mol. The van der Waals surface area contributed by atoms with Gasteiger partial charge in [0, 0.05) is 22.1 Å². The normalized spacial score (nSPS) is 16.5. The van der Waals surface area contributed by atoms with Crippen molar-refractivity contribution < 1.29 is 13.9 Å². The van der Waals surface area contributed by atoms with E-state index in [4.69, 9.17) is 16.3 Å². The van der Waals surface area contributed by atoms with Gasteiger partial charge in [-0.3, -0.25) is 4.79 Å². The quantitative estimate of drug-likeness (QED) is 0.701. The van der Waals surface area contributed by atoms with Gasteiger partial charge in [-0.05, 0) is 24.3 Å². The summed E-state index contributed by atoms with van der Waals surface area (Å²) < 4.78 is 19.6. The summed E-state index contributed by atoms with van der Waals surface area (Å²) in [5, 5.41) is 4.08. The van der Waals surface area contributed by atoms with E-state index in [0.717, 1.165) is 11.3 Å². The summed E-state index contributed by atoms with van der Waals surface area (Å²) >= 11 is 7.53. The highest BCUT2D eigenvalue weighted by Crippen LogP contribution is 2.37.